The molecule has 11 heteroatoms. The van der Waals surface area contributed by atoms with Crippen molar-refractivity contribution in [3.05, 3.63) is 93.5 Å². The summed E-state index contributed by atoms with van der Waals surface area (Å²) in [6.07, 6.45) is 1.06. The van der Waals surface area contributed by atoms with Crippen LogP contribution in [0.2, 0.25) is 0 Å². The lowest BCUT2D eigenvalue weighted by Gasteiger charge is -2.25. The number of rotatable bonds is 6. The van der Waals surface area contributed by atoms with Crippen molar-refractivity contribution < 1.29 is 28.6 Å². The van der Waals surface area contributed by atoms with Crippen LogP contribution < -0.4 is 20.9 Å². The molecule has 6 rings (SSSR count). The first-order chi connectivity index (χ1) is 21.2. The zero-order valence-electron chi connectivity index (χ0n) is 24.8. The Morgan fingerprint density at radius 3 is 2.73 bits per heavy atom. The van der Waals surface area contributed by atoms with Gasteiger partial charge >= 0.3 is 12.1 Å². The van der Waals surface area contributed by atoms with Gasteiger partial charge in [-0.25, -0.2) is 9.78 Å². The molecule has 0 radical (unpaired) electrons. The summed E-state index contributed by atoms with van der Waals surface area (Å²) < 4.78 is 16.4. The first-order valence-electron chi connectivity index (χ1n) is 14.4. The number of ether oxygens (including phenoxy) is 3. The highest BCUT2D eigenvalue weighted by Crippen LogP contribution is 2.34. The highest BCUT2D eigenvalue weighted by molar-refractivity contribution is 5.91. The minimum Gasteiger partial charge on any atom is -0.496 e. The number of H-pyrrole nitrogens is 1. The number of ketones is 1. The molecule has 0 unspecified atom stereocenters. The van der Waals surface area contributed by atoms with E-state index in [1.807, 2.05) is 19.1 Å². The molecule has 44 heavy (non-hydrogen) atoms. The van der Waals surface area contributed by atoms with Gasteiger partial charge in [0.05, 0.1) is 44.0 Å². The second-order valence-corrected chi connectivity index (χ2v) is 10.6. The fourth-order valence-corrected chi connectivity index (χ4v) is 5.52. The number of amides is 1. The number of carbonyl (C=O) groups is 3. The van der Waals surface area contributed by atoms with Crippen LogP contribution in [0.5, 0.6) is 5.75 Å². The van der Waals surface area contributed by atoms with Crippen LogP contribution in [0.25, 0.3) is 10.9 Å². The largest absolute Gasteiger partial charge is 0.496 e. The molecule has 1 aromatic heterocycles. The van der Waals surface area contributed by atoms with E-state index in [1.165, 1.54) is 6.33 Å². The lowest BCUT2D eigenvalue weighted by molar-refractivity contribution is -0.143. The van der Waals surface area contributed by atoms with Crippen molar-refractivity contribution >= 4 is 40.1 Å². The maximum atomic E-state index is 14.3. The number of aryl methyl sites for hydroxylation is 1. The van der Waals surface area contributed by atoms with Gasteiger partial charge in [0.2, 0.25) is 0 Å². The number of methoxy groups -OCH3 is 1. The number of benzene rings is 3. The van der Waals surface area contributed by atoms with E-state index in [0.717, 1.165) is 11.1 Å². The maximum absolute atomic E-state index is 14.3. The molecule has 3 heterocycles. The summed E-state index contributed by atoms with van der Waals surface area (Å²) in [4.78, 5) is 58.9. The molecule has 4 bridgehead atoms. The molecular weight excluding hydrogens is 564 g/mol. The summed E-state index contributed by atoms with van der Waals surface area (Å²) in [6, 6.07) is 15.0. The molecule has 0 aliphatic carbocycles. The Labute approximate surface area is 253 Å². The summed E-state index contributed by atoms with van der Waals surface area (Å²) in [5.41, 5.74) is 4.26. The van der Waals surface area contributed by atoms with Crippen LogP contribution in [0.3, 0.4) is 0 Å². The molecule has 0 fully saturated rings. The van der Waals surface area contributed by atoms with Crippen LogP contribution in [0.4, 0.5) is 16.2 Å². The van der Waals surface area contributed by atoms with Gasteiger partial charge in [-0.1, -0.05) is 18.2 Å². The van der Waals surface area contributed by atoms with Gasteiger partial charge in [0.1, 0.15) is 11.8 Å². The predicted octanol–water partition coefficient (Wildman–Crippen LogP) is 5.19. The van der Waals surface area contributed by atoms with Crippen LogP contribution in [-0.2, 0) is 25.5 Å². The minimum atomic E-state index is -0.860. The molecule has 2 aliphatic rings. The van der Waals surface area contributed by atoms with E-state index < -0.39 is 24.0 Å². The molecule has 0 saturated carbocycles. The number of hydrogen-bond acceptors (Lipinski definition) is 9. The van der Waals surface area contributed by atoms with Crippen LogP contribution in [-0.4, -0.2) is 48.1 Å². The third-order valence-electron chi connectivity index (χ3n) is 7.64. The van der Waals surface area contributed by atoms with Crippen molar-refractivity contribution in [2.75, 3.05) is 31.0 Å². The van der Waals surface area contributed by atoms with E-state index in [0.29, 0.717) is 45.6 Å². The van der Waals surface area contributed by atoms with Crippen molar-refractivity contribution in [1.82, 2.24) is 9.97 Å². The Morgan fingerprint density at radius 1 is 1.09 bits per heavy atom. The van der Waals surface area contributed by atoms with E-state index in [-0.39, 0.29) is 37.4 Å². The van der Waals surface area contributed by atoms with E-state index in [9.17, 15) is 19.2 Å². The summed E-state index contributed by atoms with van der Waals surface area (Å²) in [7, 11) is 1.54. The summed E-state index contributed by atoms with van der Waals surface area (Å²) in [5.74, 6) is -0.644. The summed E-state index contributed by atoms with van der Waals surface area (Å²) >= 11 is 0. The SMILES string of the molecule is CCOC(=O)C[C@H]1CC(=O)[C@H](Nc2ccc3nc[nH]c(=O)c3c2)c2cc(C)c(c(OC)c2)CCOC(=O)Nc2cccc1c2. The fourth-order valence-electron chi connectivity index (χ4n) is 5.52. The van der Waals surface area contributed by atoms with Crippen molar-refractivity contribution in [3.8, 4) is 5.75 Å². The number of aromatic nitrogens is 2. The molecule has 0 saturated heterocycles. The Kier molecular flexibility index (Phi) is 9.23. The van der Waals surface area contributed by atoms with Crippen molar-refractivity contribution in [3.63, 3.8) is 0 Å². The molecule has 3 aromatic carbocycles. The molecular formula is C33H34N4O7. The van der Waals surface area contributed by atoms with Gasteiger partial charge in [0.25, 0.3) is 5.56 Å². The second kappa shape index (κ2) is 13.4. The van der Waals surface area contributed by atoms with E-state index in [2.05, 4.69) is 20.6 Å². The van der Waals surface area contributed by atoms with Gasteiger partial charge in [-0.15, -0.1) is 0 Å². The average Bonchev–Trinajstić information content (AvgIpc) is 3.00. The number of Topliss-reactive ketones (excluding diaryl/α,β-unsaturated/α-hetero) is 1. The monoisotopic (exact) mass is 598 g/mol. The van der Waals surface area contributed by atoms with E-state index >= 15 is 0 Å². The molecule has 0 spiro atoms. The van der Waals surface area contributed by atoms with Crippen LogP contribution in [0, 0.1) is 6.92 Å². The highest BCUT2D eigenvalue weighted by Gasteiger charge is 2.29. The van der Waals surface area contributed by atoms with Gasteiger partial charge in [-0.05, 0) is 66.9 Å². The number of nitrogens with one attached hydrogen (secondary N) is 3. The molecule has 2 aliphatic heterocycles. The third-order valence-corrected chi connectivity index (χ3v) is 7.64. The Balaban J connectivity index is 1.61. The topological polar surface area (TPSA) is 149 Å². The predicted molar refractivity (Wildman–Crippen MR) is 165 cm³/mol. The van der Waals surface area contributed by atoms with E-state index in [4.69, 9.17) is 14.2 Å². The number of esters is 1. The first kappa shape index (κ1) is 30.3. The number of fused-ring (bicyclic) bond motifs is 10. The Bertz CT molecular complexity index is 1770. The van der Waals surface area contributed by atoms with Crippen LogP contribution >= 0.6 is 0 Å². The van der Waals surface area contributed by atoms with Gasteiger partial charge < -0.3 is 24.5 Å². The van der Waals surface area contributed by atoms with Gasteiger partial charge in [-0.2, -0.15) is 0 Å². The van der Waals surface area contributed by atoms with Crippen molar-refractivity contribution in [1.29, 1.82) is 0 Å². The lowest BCUT2D eigenvalue weighted by atomic mass is 9.86. The molecule has 11 nitrogen and oxygen atoms in total. The molecule has 4 aromatic rings. The standard InChI is InChI=1S/C33H34N4O7/c1-4-43-30(39)16-21-14-28(38)31(36-24-8-9-27-26(17-24)32(40)35-18-34-27)22-12-19(2)25(29(15-22)42-3)10-11-44-33(41)37-23-7-5-6-20(21)13-23/h5-9,12-13,15,17-18,21,31,36H,4,10-11,14,16H2,1-3H3,(H,37,41)(H,34,35,40)/t21-,31-/m1/s1. The molecule has 228 valence electrons. The number of hydrogen-bond donors (Lipinski definition) is 3. The number of aromatic amines is 1. The fraction of sp³-hybridized carbons (Fsp3) is 0.303. The van der Waals surface area contributed by atoms with E-state index in [1.54, 1.807) is 56.5 Å². The normalized spacial score (nSPS) is 17.1. The maximum Gasteiger partial charge on any atom is 0.411 e. The zero-order valence-corrected chi connectivity index (χ0v) is 24.8. The smallest absolute Gasteiger partial charge is 0.411 e. The highest BCUT2D eigenvalue weighted by atomic mass is 16.5. The van der Waals surface area contributed by atoms with Gasteiger partial charge in [0.15, 0.2) is 5.78 Å². The first-order valence-corrected chi connectivity index (χ1v) is 14.4. The molecule has 2 atom stereocenters. The lowest BCUT2D eigenvalue weighted by Crippen LogP contribution is -2.25. The average molecular weight is 599 g/mol. The van der Waals surface area contributed by atoms with Gasteiger partial charge in [-0.3, -0.25) is 19.7 Å². The number of nitrogens with zero attached hydrogens (tertiary/aromatic N) is 1. The third kappa shape index (κ3) is 6.88. The molecule has 3 N–H and O–H groups in total. The number of carbonyl (C=O) groups excluding carboxylic acids is 3. The Morgan fingerprint density at radius 2 is 1.93 bits per heavy atom. The molecule has 1 amide bonds. The summed E-state index contributed by atoms with van der Waals surface area (Å²) in [6.45, 7) is 3.94. The second-order valence-electron chi connectivity index (χ2n) is 10.6. The number of anilines is 2. The quantitative estimate of drug-likeness (QED) is 0.255. The van der Waals surface area contributed by atoms with Crippen LogP contribution in [0.1, 0.15) is 54.0 Å². The van der Waals surface area contributed by atoms with Gasteiger partial charge in [0, 0.05) is 35.7 Å². The van der Waals surface area contributed by atoms with Crippen LogP contribution in [0.15, 0.2) is 65.7 Å². The zero-order chi connectivity index (χ0) is 31.2. The minimum absolute atomic E-state index is 0.0246. The Hall–Kier alpha value is -5.19. The summed E-state index contributed by atoms with van der Waals surface area (Å²) in [5, 5.41) is 6.44. The van der Waals surface area contributed by atoms with Crippen molar-refractivity contribution in [2.45, 2.75) is 45.1 Å². The van der Waals surface area contributed by atoms with Crippen molar-refractivity contribution in [2.24, 2.45) is 0 Å².